The van der Waals surface area contributed by atoms with Gasteiger partial charge >= 0.3 is 16.3 Å². The van der Waals surface area contributed by atoms with Crippen LogP contribution in [0.4, 0.5) is 13.6 Å². The lowest BCUT2D eigenvalue weighted by molar-refractivity contribution is 0.146. The monoisotopic (exact) mass is 384 g/mol. The maximum absolute atomic E-state index is 13.5. The highest BCUT2D eigenvalue weighted by atomic mass is 32.2. The molecule has 0 aliphatic heterocycles. The molecule has 0 aliphatic rings. The Bertz CT molecular complexity index is 860. The van der Waals surface area contributed by atoms with Crippen molar-refractivity contribution in [2.75, 3.05) is 6.61 Å². The van der Waals surface area contributed by atoms with Crippen molar-refractivity contribution in [2.45, 2.75) is 19.4 Å². The lowest BCUT2D eigenvalue weighted by Gasteiger charge is -2.13. The van der Waals surface area contributed by atoms with Crippen LogP contribution in [0.25, 0.3) is 0 Å². The number of hydrogen-bond acceptors (Lipinski definition) is 4. The van der Waals surface area contributed by atoms with Crippen molar-refractivity contribution in [3.05, 3.63) is 71.3 Å². The van der Waals surface area contributed by atoms with Crippen LogP contribution in [0.2, 0.25) is 0 Å². The first-order valence-corrected chi connectivity index (χ1v) is 9.18. The zero-order valence-electron chi connectivity index (χ0n) is 13.9. The molecule has 2 rings (SSSR count). The highest BCUT2D eigenvalue weighted by Crippen LogP contribution is 2.14. The zero-order chi connectivity index (χ0) is 19.2. The van der Waals surface area contributed by atoms with Crippen LogP contribution in [-0.2, 0) is 21.5 Å². The molecular weight excluding hydrogens is 366 g/mol. The molecule has 0 saturated heterocycles. The molecule has 1 unspecified atom stereocenters. The van der Waals surface area contributed by atoms with Gasteiger partial charge in [-0.3, -0.25) is 0 Å². The van der Waals surface area contributed by atoms with Crippen molar-refractivity contribution in [2.24, 2.45) is 0 Å². The zero-order valence-corrected chi connectivity index (χ0v) is 14.7. The Labute approximate surface area is 150 Å². The van der Waals surface area contributed by atoms with Gasteiger partial charge in [-0.05, 0) is 11.6 Å². The fourth-order valence-corrected chi connectivity index (χ4v) is 2.79. The Morgan fingerprint density at radius 1 is 1.15 bits per heavy atom. The summed E-state index contributed by atoms with van der Waals surface area (Å²) >= 11 is 0. The minimum absolute atomic E-state index is 0.0159. The third kappa shape index (κ3) is 6.08. The van der Waals surface area contributed by atoms with E-state index in [1.807, 2.05) is 42.0 Å². The second-order valence-electron chi connectivity index (χ2n) is 5.57. The van der Waals surface area contributed by atoms with Gasteiger partial charge < -0.3 is 4.74 Å². The number of benzene rings is 2. The summed E-state index contributed by atoms with van der Waals surface area (Å²) in [4.78, 5) is 11.6. The molecule has 0 bridgehead atoms. The summed E-state index contributed by atoms with van der Waals surface area (Å²) < 4.78 is 58.4. The molecule has 0 fully saturated rings. The maximum Gasteiger partial charge on any atom is 0.421 e. The highest BCUT2D eigenvalue weighted by molar-refractivity contribution is 7.88. The van der Waals surface area contributed by atoms with Gasteiger partial charge in [0.25, 0.3) is 0 Å². The number of carbonyl (C=O) groups is 1. The Kier molecular flexibility index (Phi) is 6.64. The lowest BCUT2D eigenvalue weighted by atomic mass is 10.0. The summed E-state index contributed by atoms with van der Waals surface area (Å²) in [7, 11) is -4.25. The van der Waals surface area contributed by atoms with E-state index in [0.717, 1.165) is 17.7 Å². The fraction of sp³-hybridized carbons (Fsp3) is 0.235. The summed E-state index contributed by atoms with van der Waals surface area (Å²) in [5, 5.41) is 0. The van der Waals surface area contributed by atoms with Crippen LogP contribution in [-0.4, -0.2) is 21.1 Å². The molecule has 0 spiro atoms. The summed E-state index contributed by atoms with van der Waals surface area (Å²) in [6.07, 6.45) is -1.15. The van der Waals surface area contributed by atoms with Crippen molar-refractivity contribution in [3.8, 4) is 0 Å². The molecule has 0 aliphatic carbocycles. The van der Waals surface area contributed by atoms with Crippen molar-refractivity contribution >= 4 is 16.3 Å². The van der Waals surface area contributed by atoms with E-state index < -0.39 is 34.5 Å². The number of hydrogen-bond donors (Lipinski definition) is 2. The molecule has 140 valence electrons. The van der Waals surface area contributed by atoms with Crippen molar-refractivity contribution < 1.29 is 26.7 Å². The van der Waals surface area contributed by atoms with Gasteiger partial charge in [-0.2, -0.15) is 13.1 Å². The number of amides is 1. The van der Waals surface area contributed by atoms with Crippen molar-refractivity contribution in [3.63, 3.8) is 0 Å². The van der Waals surface area contributed by atoms with E-state index in [-0.39, 0.29) is 18.1 Å². The van der Waals surface area contributed by atoms with Crippen LogP contribution >= 0.6 is 0 Å². The van der Waals surface area contributed by atoms with Crippen LogP contribution in [0.1, 0.15) is 24.0 Å². The molecule has 2 aromatic rings. The van der Waals surface area contributed by atoms with Crippen LogP contribution < -0.4 is 9.44 Å². The molecule has 1 amide bonds. The van der Waals surface area contributed by atoms with Gasteiger partial charge in [0.2, 0.25) is 0 Å². The average Bonchev–Trinajstić information content (AvgIpc) is 2.59. The molecule has 0 radical (unpaired) electrons. The smallest absolute Gasteiger partial charge is 0.421 e. The Morgan fingerprint density at radius 3 is 2.50 bits per heavy atom. The lowest BCUT2D eigenvalue weighted by Crippen LogP contribution is -2.40. The topological polar surface area (TPSA) is 84.5 Å². The molecule has 0 saturated carbocycles. The van der Waals surface area contributed by atoms with Gasteiger partial charge in [-0.15, -0.1) is 0 Å². The van der Waals surface area contributed by atoms with E-state index in [2.05, 4.69) is 0 Å². The summed E-state index contributed by atoms with van der Waals surface area (Å²) in [5.74, 6) is -1.79. The Morgan fingerprint density at radius 2 is 1.85 bits per heavy atom. The van der Waals surface area contributed by atoms with Crippen LogP contribution in [0.15, 0.2) is 48.5 Å². The first-order chi connectivity index (χ1) is 12.3. The summed E-state index contributed by atoms with van der Waals surface area (Å²) in [6, 6.07) is 12.0. The van der Waals surface area contributed by atoms with Crippen LogP contribution in [0.3, 0.4) is 0 Å². The molecule has 0 heterocycles. The number of ether oxygens (including phenoxy) is 1. The molecule has 2 N–H and O–H groups in total. The number of nitrogens with one attached hydrogen (secondary N) is 2. The first kappa shape index (κ1) is 19.8. The SMILES string of the molecule is CC(COC(=O)NS(=O)(=O)NCc1ccc(F)cc1F)c1ccccc1. The van der Waals surface area contributed by atoms with E-state index in [4.69, 9.17) is 4.74 Å². The van der Waals surface area contributed by atoms with E-state index in [1.165, 1.54) is 0 Å². The third-order valence-electron chi connectivity index (χ3n) is 3.52. The van der Waals surface area contributed by atoms with Crippen LogP contribution in [0.5, 0.6) is 0 Å². The quantitative estimate of drug-likeness (QED) is 0.769. The molecule has 1 atom stereocenters. The maximum atomic E-state index is 13.5. The largest absolute Gasteiger partial charge is 0.448 e. The number of halogens is 2. The van der Waals surface area contributed by atoms with Gasteiger partial charge in [0, 0.05) is 24.1 Å². The molecular formula is C17H18F2N2O4S. The molecule has 2 aromatic carbocycles. The Balaban J connectivity index is 1.83. The minimum Gasteiger partial charge on any atom is -0.448 e. The molecule has 9 heteroatoms. The van der Waals surface area contributed by atoms with E-state index in [1.54, 1.807) is 4.72 Å². The number of carbonyl (C=O) groups excluding carboxylic acids is 1. The third-order valence-corrected chi connectivity index (χ3v) is 4.48. The van der Waals surface area contributed by atoms with Gasteiger partial charge in [-0.1, -0.05) is 43.3 Å². The fourth-order valence-electron chi connectivity index (χ4n) is 2.09. The Hall–Kier alpha value is -2.52. The second-order valence-corrected chi connectivity index (χ2v) is 7.07. The van der Waals surface area contributed by atoms with Gasteiger partial charge in [0.05, 0.1) is 6.61 Å². The molecule has 0 aromatic heterocycles. The average molecular weight is 384 g/mol. The highest BCUT2D eigenvalue weighted by Gasteiger charge is 2.17. The summed E-state index contributed by atoms with van der Waals surface area (Å²) in [5.41, 5.74) is 0.871. The van der Waals surface area contributed by atoms with E-state index in [0.29, 0.717) is 6.07 Å². The van der Waals surface area contributed by atoms with Gasteiger partial charge in [0.15, 0.2) is 0 Å². The van der Waals surface area contributed by atoms with Gasteiger partial charge in [0.1, 0.15) is 11.6 Å². The molecule has 26 heavy (non-hydrogen) atoms. The first-order valence-electron chi connectivity index (χ1n) is 7.70. The molecule has 6 nitrogen and oxygen atoms in total. The predicted molar refractivity (Wildman–Crippen MR) is 91.5 cm³/mol. The predicted octanol–water partition coefficient (Wildman–Crippen LogP) is 2.83. The van der Waals surface area contributed by atoms with E-state index >= 15 is 0 Å². The standard InChI is InChI=1S/C17H18F2N2O4S/c1-12(13-5-3-2-4-6-13)11-25-17(22)21-26(23,24)20-10-14-7-8-15(18)9-16(14)19/h2-9,12,20H,10-11H2,1H3,(H,21,22). The van der Waals surface area contributed by atoms with Gasteiger partial charge in [-0.25, -0.2) is 18.3 Å². The van der Waals surface area contributed by atoms with Crippen molar-refractivity contribution in [1.82, 2.24) is 9.44 Å². The van der Waals surface area contributed by atoms with Crippen LogP contribution in [0, 0.1) is 11.6 Å². The normalized spacial score (nSPS) is 12.4. The van der Waals surface area contributed by atoms with Crippen molar-refractivity contribution in [1.29, 1.82) is 0 Å². The summed E-state index contributed by atoms with van der Waals surface area (Å²) in [6.45, 7) is 1.36. The number of rotatable bonds is 7. The minimum atomic E-state index is -4.25. The second kappa shape index (κ2) is 8.72. The van der Waals surface area contributed by atoms with E-state index in [9.17, 15) is 22.0 Å².